The standard InChI is InChI=1S/C29H31N5O/c1-3-35-23-6-4-5-20(7-10-23)28-30-25-12-9-22(18-27(25)32-28)29-31-24-11-8-21(17-26(24)33-29)19-13-15-34(2)16-14-19/h4-5,7-12,17-19H,3,6,13-16H2,1-2H3,(H,30,32)(H,31,33)/p+3. The number of nitrogens with one attached hydrogen (secondary N) is 5. The second-order valence-electron chi connectivity index (χ2n) is 9.84. The van der Waals surface area contributed by atoms with Crippen LogP contribution in [0.2, 0.25) is 0 Å². The first-order valence-electron chi connectivity index (χ1n) is 12.8. The molecule has 5 N–H and O–H groups in total. The molecule has 0 saturated carbocycles. The minimum atomic E-state index is 0.672. The summed E-state index contributed by atoms with van der Waals surface area (Å²) in [4.78, 5) is 16.0. The Kier molecular flexibility index (Phi) is 5.74. The summed E-state index contributed by atoms with van der Waals surface area (Å²) >= 11 is 0. The van der Waals surface area contributed by atoms with Crippen LogP contribution in [0.3, 0.4) is 0 Å². The number of allylic oxidation sites excluding steroid dienone is 5. The van der Waals surface area contributed by atoms with Crippen LogP contribution in [0.25, 0.3) is 39.0 Å². The van der Waals surface area contributed by atoms with Crippen molar-refractivity contribution in [2.45, 2.75) is 32.1 Å². The van der Waals surface area contributed by atoms with E-state index in [0.717, 1.165) is 51.5 Å². The number of benzene rings is 2. The van der Waals surface area contributed by atoms with Crippen molar-refractivity contribution in [1.82, 2.24) is 9.97 Å². The third-order valence-electron chi connectivity index (χ3n) is 7.38. The van der Waals surface area contributed by atoms with Gasteiger partial charge in [0.1, 0.15) is 0 Å². The summed E-state index contributed by atoms with van der Waals surface area (Å²) in [5.41, 5.74) is 8.17. The van der Waals surface area contributed by atoms with Crippen molar-refractivity contribution >= 4 is 27.6 Å². The summed E-state index contributed by atoms with van der Waals surface area (Å²) in [6.07, 6.45) is 11.8. The zero-order valence-corrected chi connectivity index (χ0v) is 20.5. The van der Waals surface area contributed by atoms with E-state index in [4.69, 9.17) is 4.74 Å². The number of fused-ring (bicyclic) bond motifs is 2. The second-order valence-corrected chi connectivity index (χ2v) is 9.84. The SMILES string of the molecule is CCOC1=CC=C(c2[nH]c3cc(-c4[nH]c5cc(C6CC[NH+](C)CC6)ccc5[nH+]4)ccc3[nH+]2)C=CC1. The van der Waals surface area contributed by atoms with Crippen LogP contribution in [0.15, 0.2) is 66.5 Å². The van der Waals surface area contributed by atoms with E-state index in [1.54, 1.807) is 4.90 Å². The van der Waals surface area contributed by atoms with Gasteiger partial charge in [0.05, 0.1) is 43.6 Å². The maximum absolute atomic E-state index is 5.68. The third-order valence-corrected chi connectivity index (χ3v) is 7.38. The number of aromatic nitrogens is 4. The molecule has 4 aromatic rings. The molecule has 1 fully saturated rings. The predicted octanol–water partition coefficient (Wildman–Crippen LogP) is 3.60. The first-order chi connectivity index (χ1) is 17.2. The Morgan fingerprint density at radius 2 is 1.69 bits per heavy atom. The van der Waals surface area contributed by atoms with E-state index in [0.29, 0.717) is 12.5 Å². The zero-order chi connectivity index (χ0) is 23.8. The van der Waals surface area contributed by atoms with E-state index in [9.17, 15) is 0 Å². The minimum Gasteiger partial charge on any atom is -0.498 e. The summed E-state index contributed by atoms with van der Waals surface area (Å²) in [5.74, 6) is 3.69. The summed E-state index contributed by atoms with van der Waals surface area (Å²) in [7, 11) is 2.30. The van der Waals surface area contributed by atoms with Crippen LogP contribution in [0.5, 0.6) is 0 Å². The van der Waals surface area contributed by atoms with E-state index in [1.165, 1.54) is 37.0 Å². The second kappa shape index (κ2) is 9.19. The highest BCUT2D eigenvalue weighted by Crippen LogP contribution is 2.28. The fourth-order valence-electron chi connectivity index (χ4n) is 5.34. The largest absolute Gasteiger partial charge is 0.498 e. The van der Waals surface area contributed by atoms with Gasteiger partial charge in [0.2, 0.25) is 0 Å². The van der Waals surface area contributed by atoms with Crippen LogP contribution in [-0.2, 0) is 4.74 Å². The molecule has 6 heteroatoms. The number of piperidine rings is 1. The first-order valence-corrected chi connectivity index (χ1v) is 12.8. The Bertz CT molecular complexity index is 1460. The number of ether oxygens (including phenoxy) is 1. The molecule has 0 radical (unpaired) electrons. The van der Waals surface area contributed by atoms with Crippen molar-refractivity contribution in [2.75, 3.05) is 26.7 Å². The normalized spacial score (nSPS) is 20.6. The van der Waals surface area contributed by atoms with E-state index >= 15 is 0 Å². The Labute approximate surface area is 205 Å². The molecule has 2 aliphatic rings. The number of imidazole rings is 2. The van der Waals surface area contributed by atoms with Gasteiger partial charge in [-0.25, -0.2) is 19.9 Å². The van der Waals surface area contributed by atoms with E-state index < -0.39 is 0 Å². The van der Waals surface area contributed by atoms with Gasteiger partial charge in [-0.3, -0.25) is 0 Å². The number of likely N-dealkylation sites (tertiary alicyclic amines) is 1. The first kappa shape index (κ1) is 21.9. The lowest BCUT2D eigenvalue weighted by Crippen LogP contribution is -3.10. The molecule has 0 amide bonds. The van der Waals surface area contributed by atoms with Gasteiger partial charge in [-0.05, 0) is 54.8 Å². The molecule has 3 heterocycles. The zero-order valence-electron chi connectivity index (χ0n) is 20.5. The third kappa shape index (κ3) is 4.42. The minimum absolute atomic E-state index is 0.672. The number of aromatic amines is 4. The molecule has 6 nitrogen and oxygen atoms in total. The van der Waals surface area contributed by atoms with E-state index in [1.807, 2.05) is 6.92 Å². The summed E-state index contributed by atoms with van der Waals surface area (Å²) < 4.78 is 5.68. The molecule has 178 valence electrons. The van der Waals surface area contributed by atoms with Crippen LogP contribution in [0, 0.1) is 0 Å². The monoisotopic (exact) mass is 468 g/mol. The smallest absolute Gasteiger partial charge is 0.285 e. The Hall–Kier alpha value is -3.64. The molecule has 6 rings (SSSR count). The lowest BCUT2D eigenvalue weighted by atomic mass is 9.89. The van der Waals surface area contributed by atoms with Gasteiger partial charge in [0, 0.05) is 25.3 Å². The summed E-state index contributed by atoms with van der Waals surface area (Å²) in [6.45, 7) is 5.23. The van der Waals surface area contributed by atoms with Crippen LogP contribution in [0.1, 0.15) is 43.5 Å². The maximum Gasteiger partial charge on any atom is 0.285 e. The highest BCUT2D eigenvalue weighted by Gasteiger charge is 2.23. The van der Waals surface area contributed by atoms with Crippen molar-refractivity contribution < 1.29 is 19.6 Å². The summed E-state index contributed by atoms with van der Waals surface area (Å²) in [5, 5.41) is 0. The van der Waals surface area contributed by atoms with E-state index in [-0.39, 0.29) is 0 Å². The van der Waals surface area contributed by atoms with Crippen LogP contribution < -0.4 is 14.9 Å². The number of hydrogen-bond donors (Lipinski definition) is 3. The van der Waals surface area contributed by atoms with Crippen molar-refractivity contribution in [1.29, 1.82) is 0 Å². The van der Waals surface area contributed by atoms with Gasteiger partial charge < -0.3 is 9.64 Å². The van der Waals surface area contributed by atoms with Crippen molar-refractivity contribution in [3.63, 3.8) is 0 Å². The highest BCUT2D eigenvalue weighted by molar-refractivity contribution is 5.82. The van der Waals surface area contributed by atoms with Gasteiger partial charge in [0.25, 0.3) is 11.6 Å². The predicted molar refractivity (Wildman–Crippen MR) is 139 cm³/mol. The van der Waals surface area contributed by atoms with Crippen molar-refractivity contribution in [3.8, 4) is 11.4 Å². The number of H-pyrrole nitrogens is 4. The molecule has 1 aliphatic heterocycles. The van der Waals surface area contributed by atoms with Crippen LogP contribution in [-0.4, -0.2) is 36.7 Å². The average molecular weight is 469 g/mol. The Balaban J connectivity index is 1.28. The van der Waals surface area contributed by atoms with Crippen LogP contribution >= 0.6 is 0 Å². The highest BCUT2D eigenvalue weighted by atomic mass is 16.5. The number of quaternary nitrogens is 1. The molecule has 35 heavy (non-hydrogen) atoms. The van der Waals surface area contributed by atoms with Crippen molar-refractivity contribution in [3.05, 3.63) is 77.8 Å². The molecular weight excluding hydrogens is 434 g/mol. The molecule has 2 aromatic heterocycles. The number of hydrogen-bond acceptors (Lipinski definition) is 1. The molecule has 0 spiro atoms. The summed E-state index contributed by atoms with van der Waals surface area (Å²) in [6, 6.07) is 13.4. The van der Waals surface area contributed by atoms with Gasteiger partial charge in [-0.15, -0.1) is 0 Å². The maximum atomic E-state index is 5.68. The fourth-order valence-corrected chi connectivity index (χ4v) is 5.34. The molecule has 1 saturated heterocycles. The lowest BCUT2D eigenvalue weighted by molar-refractivity contribution is -0.885. The van der Waals surface area contributed by atoms with Gasteiger partial charge >= 0.3 is 0 Å². The molecule has 2 aromatic carbocycles. The Morgan fingerprint density at radius 3 is 2.51 bits per heavy atom. The lowest BCUT2D eigenvalue weighted by Gasteiger charge is -2.26. The molecule has 0 unspecified atom stereocenters. The van der Waals surface area contributed by atoms with Gasteiger partial charge in [0.15, 0.2) is 22.1 Å². The number of rotatable bonds is 5. The van der Waals surface area contributed by atoms with Gasteiger partial charge in [-0.2, -0.15) is 0 Å². The van der Waals surface area contributed by atoms with Crippen molar-refractivity contribution in [2.24, 2.45) is 0 Å². The average Bonchev–Trinajstić information content (AvgIpc) is 3.42. The molecule has 0 atom stereocenters. The Morgan fingerprint density at radius 1 is 0.943 bits per heavy atom. The van der Waals surface area contributed by atoms with Crippen LogP contribution in [0.4, 0.5) is 0 Å². The van der Waals surface area contributed by atoms with Gasteiger partial charge in [-0.1, -0.05) is 18.2 Å². The molecular formula is C29H34N5O+3. The quantitative estimate of drug-likeness (QED) is 0.411. The topological polar surface area (TPSA) is 73.5 Å². The fraction of sp³-hybridized carbons (Fsp3) is 0.310. The molecule has 1 aliphatic carbocycles. The molecule has 0 bridgehead atoms. The van der Waals surface area contributed by atoms with E-state index in [2.05, 4.69) is 87.7 Å².